The lowest BCUT2D eigenvalue weighted by Gasteiger charge is -2.19. The SMILES string of the molecule is COc1cc2ncn(CCCC(=O)NC3CCCC3CN)c(=O)c2cc1OC.Cl. The van der Waals surface area contributed by atoms with Gasteiger partial charge in [-0.25, -0.2) is 4.98 Å². The van der Waals surface area contributed by atoms with Gasteiger partial charge in [-0.3, -0.25) is 14.2 Å². The molecule has 1 fully saturated rings. The molecule has 1 aromatic heterocycles. The fourth-order valence-corrected chi connectivity index (χ4v) is 3.84. The average molecular weight is 425 g/mol. The van der Waals surface area contributed by atoms with Gasteiger partial charge in [-0.1, -0.05) is 6.42 Å². The summed E-state index contributed by atoms with van der Waals surface area (Å²) in [6.45, 7) is 1.03. The third kappa shape index (κ3) is 5.19. The molecule has 1 aliphatic rings. The number of methoxy groups -OCH3 is 2. The molecule has 0 aliphatic heterocycles. The van der Waals surface area contributed by atoms with E-state index in [9.17, 15) is 9.59 Å². The molecule has 1 amide bonds. The first-order valence-electron chi connectivity index (χ1n) is 9.68. The number of hydrogen-bond acceptors (Lipinski definition) is 6. The number of hydrogen-bond donors (Lipinski definition) is 2. The molecule has 2 atom stereocenters. The number of carbonyl (C=O) groups excluding carboxylic acids is 1. The lowest BCUT2D eigenvalue weighted by Crippen LogP contribution is -2.39. The van der Waals surface area contributed by atoms with Gasteiger partial charge < -0.3 is 20.5 Å². The normalized spacial score (nSPS) is 18.3. The predicted octanol–water partition coefficient (Wildman–Crippen LogP) is 1.86. The highest BCUT2D eigenvalue weighted by Crippen LogP contribution is 2.29. The second-order valence-electron chi connectivity index (χ2n) is 7.17. The molecular weight excluding hydrogens is 396 g/mol. The van der Waals surface area contributed by atoms with Gasteiger partial charge >= 0.3 is 0 Å². The van der Waals surface area contributed by atoms with Crippen molar-refractivity contribution >= 4 is 29.2 Å². The Bertz CT molecular complexity index is 902. The van der Waals surface area contributed by atoms with E-state index in [-0.39, 0.29) is 29.9 Å². The topological polar surface area (TPSA) is 108 Å². The maximum atomic E-state index is 12.7. The Labute approximate surface area is 176 Å². The molecule has 0 saturated heterocycles. The summed E-state index contributed by atoms with van der Waals surface area (Å²) < 4.78 is 12.0. The van der Waals surface area contributed by atoms with Gasteiger partial charge in [0.05, 0.1) is 31.4 Å². The van der Waals surface area contributed by atoms with Crippen LogP contribution < -0.4 is 26.1 Å². The highest BCUT2D eigenvalue weighted by Gasteiger charge is 2.27. The number of aromatic nitrogens is 2. The summed E-state index contributed by atoms with van der Waals surface area (Å²) in [4.78, 5) is 29.3. The van der Waals surface area contributed by atoms with Crippen LogP contribution >= 0.6 is 12.4 Å². The number of aryl methyl sites for hydroxylation is 1. The number of carbonyl (C=O) groups is 1. The van der Waals surface area contributed by atoms with Crippen LogP contribution in [-0.4, -0.2) is 42.3 Å². The number of benzene rings is 1. The first-order valence-corrected chi connectivity index (χ1v) is 9.68. The van der Waals surface area contributed by atoms with E-state index in [1.165, 1.54) is 25.1 Å². The minimum absolute atomic E-state index is 0. The molecule has 9 heteroatoms. The zero-order chi connectivity index (χ0) is 20.1. The Morgan fingerprint density at radius 3 is 2.69 bits per heavy atom. The van der Waals surface area contributed by atoms with Crippen molar-refractivity contribution in [1.82, 2.24) is 14.9 Å². The maximum Gasteiger partial charge on any atom is 0.261 e. The maximum absolute atomic E-state index is 12.7. The molecule has 1 aliphatic carbocycles. The summed E-state index contributed by atoms with van der Waals surface area (Å²) in [6, 6.07) is 3.51. The van der Waals surface area contributed by atoms with E-state index >= 15 is 0 Å². The highest BCUT2D eigenvalue weighted by molar-refractivity contribution is 5.85. The Kier molecular flexibility index (Phi) is 8.28. The minimum Gasteiger partial charge on any atom is -0.493 e. The van der Waals surface area contributed by atoms with Crippen molar-refractivity contribution in [3.63, 3.8) is 0 Å². The molecule has 1 aromatic carbocycles. The molecule has 1 saturated carbocycles. The van der Waals surface area contributed by atoms with E-state index in [4.69, 9.17) is 15.2 Å². The third-order valence-corrected chi connectivity index (χ3v) is 5.44. The second-order valence-corrected chi connectivity index (χ2v) is 7.17. The zero-order valence-electron chi connectivity index (χ0n) is 16.8. The van der Waals surface area contributed by atoms with Crippen LogP contribution in [0.1, 0.15) is 32.1 Å². The molecule has 29 heavy (non-hydrogen) atoms. The third-order valence-electron chi connectivity index (χ3n) is 5.44. The number of nitrogens with zero attached hydrogens (tertiary/aromatic N) is 2. The average Bonchev–Trinajstić information content (AvgIpc) is 3.15. The lowest BCUT2D eigenvalue weighted by molar-refractivity contribution is -0.122. The van der Waals surface area contributed by atoms with Crippen LogP contribution in [-0.2, 0) is 11.3 Å². The van der Waals surface area contributed by atoms with Crippen LogP contribution in [0.25, 0.3) is 10.9 Å². The summed E-state index contributed by atoms with van der Waals surface area (Å²) in [5, 5.41) is 3.55. The van der Waals surface area contributed by atoms with Crippen molar-refractivity contribution in [2.24, 2.45) is 11.7 Å². The number of ether oxygens (including phenoxy) is 2. The van der Waals surface area contributed by atoms with Gasteiger partial charge in [-0.15, -0.1) is 12.4 Å². The second kappa shape index (κ2) is 10.5. The molecule has 2 unspecified atom stereocenters. The van der Waals surface area contributed by atoms with Crippen LogP contribution in [0.5, 0.6) is 11.5 Å². The first-order chi connectivity index (χ1) is 13.6. The Hall–Kier alpha value is -2.32. The summed E-state index contributed by atoms with van der Waals surface area (Å²) in [7, 11) is 3.06. The molecule has 8 nitrogen and oxygen atoms in total. The van der Waals surface area contributed by atoms with E-state index in [0.29, 0.717) is 54.3 Å². The molecule has 3 rings (SSSR count). The largest absolute Gasteiger partial charge is 0.493 e. The van der Waals surface area contributed by atoms with Crippen molar-refractivity contribution in [3.05, 3.63) is 28.8 Å². The molecule has 3 N–H and O–H groups in total. The predicted molar refractivity (Wildman–Crippen MR) is 114 cm³/mol. The molecule has 0 spiro atoms. The minimum atomic E-state index is -0.162. The highest BCUT2D eigenvalue weighted by atomic mass is 35.5. The van der Waals surface area contributed by atoms with Gasteiger partial charge in [0.2, 0.25) is 5.91 Å². The van der Waals surface area contributed by atoms with Crippen molar-refractivity contribution in [2.75, 3.05) is 20.8 Å². The zero-order valence-corrected chi connectivity index (χ0v) is 17.7. The number of nitrogens with two attached hydrogens (primary N) is 1. The number of fused-ring (bicyclic) bond motifs is 1. The van der Waals surface area contributed by atoms with Gasteiger partial charge in [0.25, 0.3) is 5.56 Å². The monoisotopic (exact) mass is 424 g/mol. The number of halogens is 1. The molecule has 160 valence electrons. The van der Waals surface area contributed by atoms with Crippen molar-refractivity contribution in [3.8, 4) is 11.5 Å². The Balaban J connectivity index is 0.00000300. The Morgan fingerprint density at radius 2 is 2.00 bits per heavy atom. The van der Waals surface area contributed by atoms with E-state index in [0.717, 1.165) is 19.3 Å². The molecule has 0 radical (unpaired) electrons. The number of nitrogens with one attached hydrogen (secondary N) is 1. The summed E-state index contributed by atoms with van der Waals surface area (Å²) >= 11 is 0. The fourth-order valence-electron chi connectivity index (χ4n) is 3.84. The van der Waals surface area contributed by atoms with E-state index in [1.807, 2.05) is 0 Å². The quantitative estimate of drug-likeness (QED) is 0.669. The number of rotatable bonds is 8. The molecule has 0 bridgehead atoms. The van der Waals surface area contributed by atoms with Crippen LogP contribution in [0.15, 0.2) is 23.3 Å². The standard InChI is InChI=1S/C20H28N4O4.ClH/c1-27-17-9-14-16(10-18(17)28-2)22-12-24(20(14)26)8-4-7-19(25)23-15-6-3-5-13(15)11-21;/h9-10,12-13,15H,3-8,11,21H2,1-2H3,(H,23,25);1H. The van der Waals surface area contributed by atoms with Gasteiger partial charge in [0.15, 0.2) is 11.5 Å². The summed E-state index contributed by atoms with van der Waals surface area (Å²) in [5.41, 5.74) is 6.15. The van der Waals surface area contributed by atoms with Crippen molar-refractivity contribution in [2.45, 2.75) is 44.7 Å². The number of amides is 1. The van der Waals surface area contributed by atoms with Crippen LogP contribution in [0.3, 0.4) is 0 Å². The van der Waals surface area contributed by atoms with Gasteiger partial charge in [0, 0.05) is 25.1 Å². The Morgan fingerprint density at radius 1 is 1.28 bits per heavy atom. The van der Waals surface area contributed by atoms with Crippen molar-refractivity contribution < 1.29 is 14.3 Å². The first kappa shape index (κ1) is 23.0. The lowest BCUT2D eigenvalue weighted by atomic mass is 10.0. The van der Waals surface area contributed by atoms with Gasteiger partial charge in [0.1, 0.15) is 0 Å². The van der Waals surface area contributed by atoms with E-state index in [2.05, 4.69) is 10.3 Å². The van der Waals surface area contributed by atoms with Crippen molar-refractivity contribution in [1.29, 1.82) is 0 Å². The summed E-state index contributed by atoms with van der Waals surface area (Å²) in [5.74, 6) is 1.40. The van der Waals surface area contributed by atoms with Gasteiger partial charge in [-0.05, 0) is 37.8 Å². The fraction of sp³-hybridized carbons (Fsp3) is 0.550. The van der Waals surface area contributed by atoms with E-state index < -0.39 is 0 Å². The molecule has 2 aromatic rings. The summed E-state index contributed by atoms with van der Waals surface area (Å²) in [6.07, 6.45) is 5.62. The van der Waals surface area contributed by atoms with Crippen LogP contribution in [0.4, 0.5) is 0 Å². The molecule has 1 heterocycles. The van der Waals surface area contributed by atoms with Crippen LogP contribution in [0, 0.1) is 5.92 Å². The van der Waals surface area contributed by atoms with Crippen LogP contribution in [0.2, 0.25) is 0 Å². The molecular formula is C20H29ClN4O4. The van der Waals surface area contributed by atoms with Gasteiger partial charge in [-0.2, -0.15) is 0 Å². The van der Waals surface area contributed by atoms with E-state index in [1.54, 1.807) is 12.1 Å². The smallest absolute Gasteiger partial charge is 0.261 e.